The molecule has 9 heterocycles. The predicted molar refractivity (Wildman–Crippen MR) is 218 cm³/mol. The Labute approximate surface area is 360 Å². The Morgan fingerprint density at radius 3 is 2.39 bits per heavy atom. The van der Waals surface area contributed by atoms with Gasteiger partial charge < -0.3 is 58.0 Å². The lowest BCUT2D eigenvalue weighted by Crippen LogP contribution is -2.60. The summed E-state index contributed by atoms with van der Waals surface area (Å²) >= 11 is 0. The van der Waals surface area contributed by atoms with Crippen molar-refractivity contribution in [2.24, 2.45) is 17.8 Å². The van der Waals surface area contributed by atoms with Crippen LogP contribution in [-0.4, -0.2) is 129 Å². The number of rotatable bonds is 1. The maximum absolute atomic E-state index is 14.1. The van der Waals surface area contributed by atoms with Crippen molar-refractivity contribution in [3.63, 3.8) is 0 Å². The highest BCUT2D eigenvalue weighted by Gasteiger charge is 2.65. The van der Waals surface area contributed by atoms with Crippen LogP contribution in [0.1, 0.15) is 138 Å². The maximum Gasteiger partial charge on any atom is 0.311 e. The average molecular weight is 859 g/mol. The molecule has 0 aromatic carbocycles. The summed E-state index contributed by atoms with van der Waals surface area (Å²) in [5.74, 6) is -5.40. The Balaban J connectivity index is 1.02. The van der Waals surface area contributed by atoms with Gasteiger partial charge in [0.1, 0.15) is 48.3 Å². The second kappa shape index (κ2) is 16.0. The number of fused-ring (bicyclic) bond motifs is 11. The third-order valence-electron chi connectivity index (χ3n) is 15.9. The van der Waals surface area contributed by atoms with Crippen molar-refractivity contribution in [2.75, 3.05) is 6.61 Å². The van der Waals surface area contributed by atoms with Crippen molar-refractivity contribution >= 4 is 11.8 Å². The van der Waals surface area contributed by atoms with Gasteiger partial charge >= 0.3 is 5.97 Å². The molecule has 0 aromatic heterocycles. The minimum absolute atomic E-state index is 0.0467. The standard InChI is InChI=1S/C47H70O14/c1-26-10-11-33-34(22-37(54-33)47(52)39(50)28(3)14-20-53-47)55-41(51)29(4)32-9-8-15-45(56-32)17-12-30(48)40(60-45)44(7)24-31(49)38(59-44)35-25-43(6)18-19-46(57-35,61-43)36-13-16-42(5,58-36)23-27(2)21-26/h10-11,21,27-30,32-40,48,50,52H,8-9,12-20,22-25H2,1-7H3/b11-10-,26-21?/t27-,28+,29+,30-,32+,33+,34+,35+,36+,37?,38-,39-,40-,42+,43-,44+,45-,46-,47+/m0/s1. The molecule has 9 aliphatic rings. The van der Waals surface area contributed by atoms with Gasteiger partial charge in [-0.3, -0.25) is 9.59 Å². The van der Waals surface area contributed by atoms with Crippen LogP contribution in [0.5, 0.6) is 0 Å². The summed E-state index contributed by atoms with van der Waals surface area (Å²) in [7, 11) is 0. The minimum atomic E-state index is -1.96. The summed E-state index contributed by atoms with van der Waals surface area (Å²) < 4.78 is 59.6. The van der Waals surface area contributed by atoms with Crippen LogP contribution in [0.4, 0.5) is 0 Å². The van der Waals surface area contributed by atoms with Crippen LogP contribution in [0.25, 0.3) is 0 Å². The molecule has 8 fully saturated rings. The van der Waals surface area contributed by atoms with E-state index in [-0.39, 0.29) is 43.2 Å². The lowest BCUT2D eigenvalue weighted by atomic mass is 9.83. The van der Waals surface area contributed by atoms with Crippen LogP contribution in [-0.2, 0) is 52.2 Å². The first-order chi connectivity index (χ1) is 28.7. The number of ketones is 1. The number of aliphatic hydroxyl groups is 3. The topological polar surface area (TPSA) is 178 Å². The van der Waals surface area contributed by atoms with Gasteiger partial charge in [-0.25, -0.2) is 0 Å². The van der Waals surface area contributed by atoms with Crippen molar-refractivity contribution in [2.45, 2.75) is 234 Å². The molecule has 10 bridgehead atoms. The van der Waals surface area contributed by atoms with E-state index in [1.54, 1.807) is 6.92 Å². The van der Waals surface area contributed by atoms with Crippen molar-refractivity contribution in [3.05, 3.63) is 23.8 Å². The number of carbonyl (C=O) groups is 2. The largest absolute Gasteiger partial charge is 0.459 e. The Kier molecular flexibility index (Phi) is 11.6. The number of carbonyl (C=O) groups excluding carboxylic acids is 2. The van der Waals surface area contributed by atoms with E-state index in [0.29, 0.717) is 51.4 Å². The monoisotopic (exact) mass is 858 g/mol. The van der Waals surface area contributed by atoms with Crippen molar-refractivity contribution in [1.29, 1.82) is 0 Å². The van der Waals surface area contributed by atoms with Gasteiger partial charge in [0.05, 0.1) is 42.0 Å². The van der Waals surface area contributed by atoms with E-state index >= 15 is 0 Å². The molecular formula is C47H70O14. The third kappa shape index (κ3) is 8.14. The van der Waals surface area contributed by atoms with Crippen LogP contribution in [0.3, 0.4) is 0 Å². The lowest BCUT2D eigenvalue weighted by molar-refractivity contribution is -0.369. The van der Waals surface area contributed by atoms with E-state index < -0.39 is 101 Å². The summed E-state index contributed by atoms with van der Waals surface area (Å²) in [6.45, 7) is 14.2. The average Bonchev–Trinajstić information content (AvgIpc) is 3.95. The zero-order valence-corrected chi connectivity index (χ0v) is 37.2. The molecule has 0 saturated carbocycles. The smallest absolute Gasteiger partial charge is 0.311 e. The van der Waals surface area contributed by atoms with E-state index in [1.807, 2.05) is 32.9 Å². The van der Waals surface area contributed by atoms with E-state index in [2.05, 4.69) is 26.8 Å². The summed E-state index contributed by atoms with van der Waals surface area (Å²) in [6, 6.07) is 0. The zero-order valence-electron chi connectivity index (χ0n) is 37.2. The SMILES string of the molecule is CC1=C[C@H](C)C[C@@]2(C)CC[C@@H](O2)[C@@]23CC[C@@](C)(C[C@@H](O2)[C@H]2O[C@](C)(CC2=O)[C@H]2O[C@@]4(CCC[C@@H](O4)[C@@H](C)C(=O)O[C@@H]4CC([C@@]5(O)OCC[C@@H](C)[C@@H]5O)O[C@@H]4/C=C\1)CC[C@@H]2O)O3. The highest BCUT2D eigenvalue weighted by atomic mass is 16.8. The van der Waals surface area contributed by atoms with Gasteiger partial charge in [0.2, 0.25) is 5.79 Å². The van der Waals surface area contributed by atoms with Gasteiger partial charge in [0.25, 0.3) is 0 Å². The fourth-order valence-corrected chi connectivity index (χ4v) is 12.5. The first-order valence-corrected chi connectivity index (χ1v) is 23.3. The molecular weight excluding hydrogens is 789 g/mol. The molecule has 14 heteroatoms. The van der Waals surface area contributed by atoms with Crippen molar-refractivity contribution < 1.29 is 67.5 Å². The van der Waals surface area contributed by atoms with Crippen LogP contribution < -0.4 is 0 Å². The number of ether oxygens (including phenoxy) is 9. The van der Waals surface area contributed by atoms with E-state index in [0.717, 1.165) is 31.3 Å². The van der Waals surface area contributed by atoms with Gasteiger partial charge in [0.15, 0.2) is 17.4 Å². The molecule has 0 amide bonds. The number of hydrogen-bond donors (Lipinski definition) is 3. The molecule has 8 saturated heterocycles. The first kappa shape index (κ1) is 44.4. The quantitative estimate of drug-likeness (QED) is 0.230. The molecule has 14 nitrogen and oxygen atoms in total. The summed E-state index contributed by atoms with van der Waals surface area (Å²) in [5.41, 5.74) is -1.12. The van der Waals surface area contributed by atoms with Crippen LogP contribution in [0.15, 0.2) is 23.8 Å². The molecule has 2 spiro atoms. The summed E-state index contributed by atoms with van der Waals surface area (Å²) in [6.07, 6.45) is 6.01. The Morgan fingerprint density at radius 1 is 0.787 bits per heavy atom. The molecule has 61 heavy (non-hydrogen) atoms. The summed E-state index contributed by atoms with van der Waals surface area (Å²) in [4.78, 5) is 28.2. The van der Waals surface area contributed by atoms with Crippen LogP contribution >= 0.6 is 0 Å². The molecule has 342 valence electrons. The third-order valence-corrected chi connectivity index (χ3v) is 15.9. The van der Waals surface area contributed by atoms with Gasteiger partial charge in [-0.1, -0.05) is 37.6 Å². The normalized spacial score (nSPS) is 54.9. The Hall–Kier alpha value is -1.82. The molecule has 1 unspecified atom stereocenters. The van der Waals surface area contributed by atoms with Gasteiger partial charge in [-0.05, 0) is 97.8 Å². The number of allylic oxidation sites excluding steroid dienone is 3. The number of Topliss-reactive ketones (excluding diaryl/α,β-unsaturated/α-hetero) is 1. The molecule has 3 N–H and O–H groups in total. The molecule has 0 aromatic rings. The van der Waals surface area contributed by atoms with Crippen molar-refractivity contribution in [1.82, 2.24) is 0 Å². The van der Waals surface area contributed by atoms with Crippen LogP contribution in [0.2, 0.25) is 0 Å². The summed E-state index contributed by atoms with van der Waals surface area (Å²) in [5, 5.41) is 34.4. The van der Waals surface area contributed by atoms with Gasteiger partial charge in [0, 0.05) is 38.5 Å². The minimum Gasteiger partial charge on any atom is -0.459 e. The molecule has 9 rings (SSSR count). The Morgan fingerprint density at radius 2 is 1.59 bits per heavy atom. The molecule has 0 radical (unpaired) electrons. The second-order valence-electron chi connectivity index (χ2n) is 21.3. The van der Waals surface area contributed by atoms with Crippen LogP contribution in [0, 0.1) is 17.8 Å². The lowest BCUT2D eigenvalue weighted by Gasteiger charge is -2.51. The molecule has 19 atom stereocenters. The van der Waals surface area contributed by atoms with E-state index in [1.165, 1.54) is 0 Å². The number of aliphatic hydroxyl groups excluding tert-OH is 2. The van der Waals surface area contributed by atoms with E-state index in [4.69, 9.17) is 42.6 Å². The van der Waals surface area contributed by atoms with Crippen molar-refractivity contribution in [3.8, 4) is 0 Å². The second-order valence-corrected chi connectivity index (χ2v) is 21.3. The Bertz CT molecular complexity index is 1750. The number of esters is 1. The zero-order chi connectivity index (χ0) is 43.3. The van der Waals surface area contributed by atoms with Gasteiger partial charge in [-0.15, -0.1) is 0 Å². The first-order valence-electron chi connectivity index (χ1n) is 23.3. The number of hydrogen-bond acceptors (Lipinski definition) is 14. The maximum atomic E-state index is 14.1. The fraction of sp³-hybridized carbons (Fsp3) is 0.872. The predicted octanol–water partition coefficient (Wildman–Crippen LogP) is 5.25. The molecule has 0 aliphatic carbocycles. The van der Waals surface area contributed by atoms with E-state index in [9.17, 15) is 24.9 Å². The van der Waals surface area contributed by atoms with Gasteiger partial charge in [-0.2, -0.15) is 0 Å². The fourth-order valence-electron chi connectivity index (χ4n) is 12.5. The molecule has 9 aliphatic heterocycles. The highest BCUT2D eigenvalue weighted by molar-refractivity contribution is 5.86. The highest BCUT2D eigenvalue weighted by Crippen LogP contribution is 2.55.